The van der Waals surface area contributed by atoms with E-state index in [1.165, 1.54) is 9.58 Å². The molecule has 4 aromatic rings. The molecule has 0 aliphatic heterocycles. The maximum absolute atomic E-state index is 13.2. The van der Waals surface area contributed by atoms with Crippen molar-refractivity contribution in [3.8, 4) is 0 Å². The fourth-order valence-corrected chi connectivity index (χ4v) is 5.15. The highest BCUT2D eigenvalue weighted by Crippen LogP contribution is 2.34. The van der Waals surface area contributed by atoms with E-state index in [0.717, 1.165) is 25.6 Å². The number of carbonyl (C=O) groups is 1. The molecule has 0 saturated heterocycles. The maximum atomic E-state index is 13.2. The molecular formula is C20H22N6O3S2. The number of carboxylic acid groups (broad SMARTS) is 1. The van der Waals surface area contributed by atoms with Crippen LogP contribution in [0.4, 0.5) is 10.6 Å². The number of aryl methyl sites for hydroxylation is 1. The van der Waals surface area contributed by atoms with E-state index < -0.39 is 11.6 Å². The normalized spacial score (nSPS) is 12.0. The Morgan fingerprint density at radius 1 is 1.35 bits per heavy atom. The number of fused-ring (bicyclic) bond motifs is 3. The number of rotatable bonds is 4. The lowest BCUT2D eigenvalue weighted by Gasteiger charge is -2.32. The molecule has 4 aromatic heterocycles. The summed E-state index contributed by atoms with van der Waals surface area (Å²) in [5.41, 5.74) is 1.17. The zero-order valence-electron chi connectivity index (χ0n) is 17.8. The van der Waals surface area contributed by atoms with Crippen LogP contribution >= 0.6 is 23.1 Å². The second-order valence-corrected chi connectivity index (χ2v) is 10.1. The minimum absolute atomic E-state index is 0.199. The highest BCUT2D eigenvalue weighted by Gasteiger charge is 2.29. The van der Waals surface area contributed by atoms with Crippen molar-refractivity contribution in [1.82, 2.24) is 24.3 Å². The van der Waals surface area contributed by atoms with Gasteiger partial charge >= 0.3 is 6.09 Å². The SMILES string of the molecule is CSc1nc2c(s1)c1cnn(Cc3ccnc(N(C(=O)O)C(C)(C)C)c3)c(=O)c1n2C. The Kier molecular flexibility index (Phi) is 5.26. The predicted octanol–water partition coefficient (Wildman–Crippen LogP) is 3.79. The van der Waals surface area contributed by atoms with Gasteiger partial charge in [0.15, 0.2) is 9.99 Å². The number of pyridine rings is 1. The molecule has 4 heterocycles. The Balaban J connectivity index is 1.76. The van der Waals surface area contributed by atoms with Crippen molar-refractivity contribution >= 4 is 56.3 Å². The van der Waals surface area contributed by atoms with Gasteiger partial charge in [0.05, 0.1) is 17.4 Å². The second-order valence-electron chi connectivity index (χ2n) is 8.08. The average molecular weight is 459 g/mol. The molecule has 0 radical (unpaired) electrons. The van der Waals surface area contributed by atoms with Crippen molar-refractivity contribution in [2.45, 2.75) is 37.2 Å². The van der Waals surface area contributed by atoms with Crippen LogP contribution in [0, 0.1) is 0 Å². The van der Waals surface area contributed by atoms with Crippen LogP contribution in [0.15, 0.2) is 33.7 Å². The van der Waals surface area contributed by atoms with E-state index in [9.17, 15) is 14.7 Å². The standard InChI is InChI=1S/C20H22N6O3S2/c1-20(2,3)26(19(28)29)13-8-11(6-7-21-13)10-25-17(27)14-12(9-22-25)15-16(24(14)4)23-18(30-5)31-15/h6-9H,10H2,1-5H3,(H,28,29). The largest absolute Gasteiger partial charge is 0.465 e. The van der Waals surface area contributed by atoms with Crippen LogP contribution in [0.1, 0.15) is 26.3 Å². The molecular weight excluding hydrogens is 436 g/mol. The molecule has 0 aliphatic rings. The Morgan fingerprint density at radius 3 is 2.74 bits per heavy atom. The van der Waals surface area contributed by atoms with Gasteiger partial charge in [-0.3, -0.25) is 9.69 Å². The van der Waals surface area contributed by atoms with Gasteiger partial charge in [0.1, 0.15) is 11.3 Å². The number of nitrogens with zero attached hydrogens (tertiary/aromatic N) is 6. The average Bonchev–Trinajstić information content (AvgIpc) is 3.22. The number of thiazole rings is 1. The van der Waals surface area contributed by atoms with Crippen molar-refractivity contribution in [1.29, 1.82) is 0 Å². The lowest BCUT2D eigenvalue weighted by Crippen LogP contribution is -2.45. The van der Waals surface area contributed by atoms with Gasteiger partial charge in [-0.2, -0.15) is 5.10 Å². The van der Waals surface area contributed by atoms with E-state index in [2.05, 4.69) is 15.1 Å². The van der Waals surface area contributed by atoms with Gasteiger partial charge < -0.3 is 9.67 Å². The molecule has 0 aromatic carbocycles. The van der Waals surface area contributed by atoms with E-state index in [1.807, 2.05) is 17.9 Å². The van der Waals surface area contributed by atoms with Crippen molar-refractivity contribution in [3.63, 3.8) is 0 Å². The third-order valence-corrected chi connectivity index (χ3v) is 6.98. The molecule has 0 atom stereocenters. The zero-order chi connectivity index (χ0) is 22.5. The molecule has 4 rings (SSSR count). The molecule has 11 heteroatoms. The van der Waals surface area contributed by atoms with Gasteiger partial charge in [-0.05, 0) is 44.7 Å². The van der Waals surface area contributed by atoms with Gasteiger partial charge in [0.25, 0.3) is 5.56 Å². The van der Waals surface area contributed by atoms with E-state index in [-0.39, 0.29) is 12.1 Å². The first-order valence-corrected chi connectivity index (χ1v) is 11.5. The molecule has 1 amide bonds. The van der Waals surface area contributed by atoms with Crippen molar-refractivity contribution in [2.75, 3.05) is 11.2 Å². The van der Waals surface area contributed by atoms with Crippen LogP contribution in [0.3, 0.4) is 0 Å². The van der Waals surface area contributed by atoms with Crippen LogP contribution in [-0.4, -0.2) is 47.3 Å². The Bertz CT molecular complexity index is 1370. The molecule has 0 saturated carbocycles. The monoisotopic (exact) mass is 458 g/mol. The van der Waals surface area contributed by atoms with E-state index in [1.54, 1.807) is 68.4 Å². The first kappa shape index (κ1) is 21.3. The topological polar surface area (TPSA) is 106 Å². The Morgan fingerprint density at radius 2 is 2.10 bits per heavy atom. The number of anilines is 1. The van der Waals surface area contributed by atoms with Gasteiger partial charge in [0.2, 0.25) is 0 Å². The highest BCUT2D eigenvalue weighted by atomic mass is 32.2. The van der Waals surface area contributed by atoms with Crippen LogP contribution in [0.2, 0.25) is 0 Å². The van der Waals surface area contributed by atoms with Crippen LogP contribution in [-0.2, 0) is 13.6 Å². The molecule has 31 heavy (non-hydrogen) atoms. The quantitative estimate of drug-likeness (QED) is 0.464. The minimum Gasteiger partial charge on any atom is -0.465 e. The van der Waals surface area contributed by atoms with Crippen LogP contribution in [0.25, 0.3) is 21.3 Å². The molecule has 162 valence electrons. The summed E-state index contributed by atoms with van der Waals surface area (Å²) < 4.78 is 5.08. The second kappa shape index (κ2) is 7.65. The third kappa shape index (κ3) is 3.68. The number of aromatic nitrogens is 5. The Hall–Kier alpha value is -2.92. The molecule has 0 unspecified atom stereocenters. The van der Waals surface area contributed by atoms with Gasteiger partial charge in [-0.25, -0.2) is 19.4 Å². The summed E-state index contributed by atoms with van der Waals surface area (Å²) in [5.74, 6) is 0.305. The summed E-state index contributed by atoms with van der Waals surface area (Å²) in [7, 11) is 1.83. The van der Waals surface area contributed by atoms with Crippen molar-refractivity contribution in [2.24, 2.45) is 7.05 Å². The van der Waals surface area contributed by atoms with E-state index >= 15 is 0 Å². The maximum Gasteiger partial charge on any atom is 0.413 e. The van der Waals surface area contributed by atoms with Gasteiger partial charge in [-0.15, -0.1) is 11.3 Å². The van der Waals surface area contributed by atoms with Crippen molar-refractivity contribution < 1.29 is 9.90 Å². The van der Waals surface area contributed by atoms with E-state index in [0.29, 0.717) is 11.3 Å². The summed E-state index contributed by atoms with van der Waals surface area (Å²) in [6.45, 7) is 5.59. The molecule has 0 bridgehead atoms. The first-order valence-electron chi connectivity index (χ1n) is 9.49. The predicted molar refractivity (Wildman–Crippen MR) is 124 cm³/mol. The fourth-order valence-electron chi connectivity index (χ4n) is 3.55. The molecule has 9 nitrogen and oxygen atoms in total. The molecule has 0 spiro atoms. The summed E-state index contributed by atoms with van der Waals surface area (Å²) in [6.07, 6.45) is 4.12. The minimum atomic E-state index is -1.09. The molecule has 1 N–H and O–H groups in total. The highest BCUT2D eigenvalue weighted by molar-refractivity contribution is 8.00. The van der Waals surface area contributed by atoms with Crippen molar-refractivity contribution in [3.05, 3.63) is 40.4 Å². The molecule has 0 fully saturated rings. The van der Waals surface area contributed by atoms with Gasteiger partial charge in [-0.1, -0.05) is 11.8 Å². The summed E-state index contributed by atoms with van der Waals surface area (Å²) >= 11 is 3.12. The summed E-state index contributed by atoms with van der Waals surface area (Å²) in [6, 6.07) is 3.42. The van der Waals surface area contributed by atoms with Gasteiger partial charge in [0, 0.05) is 24.2 Å². The first-order chi connectivity index (χ1) is 14.6. The summed E-state index contributed by atoms with van der Waals surface area (Å²) in [5, 5.41) is 14.8. The third-order valence-electron chi connectivity index (χ3n) is 4.91. The fraction of sp³-hybridized carbons (Fsp3) is 0.350. The smallest absolute Gasteiger partial charge is 0.413 e. The number of thioether (sulfide) groups is 1. The number of hydrogen-bond donors (Lipinski definition) is 1. The number of amides is 1. The lowest BCUT2D eigenvalue weighted by atomic mass is 10.1. The molecule has 0 aliphatic carbocycles. The Labute approximate surface area is 186 Å². The van der Waals surface area contributed by atoms with Crippen LogP contribution in [0.5, 0.6) is 0 Å². The zero-order valence-corrected chi connectivity index (χ0v) is 19.4. The summed E-state index contributed by atoms with van der Waals surface area (Å²) in [4.78, 5) is 35.0. The lowest BCUT2D eigenvalue weighted by molar-refractivity contribution is 0.195. The van der Waals surface area contributed by atoms with Crippen LogP contribution < -0.4 is 10.5 Å². The number of hydrogen-bond acceptors (Lipinski definition) is 7. The van der Waals surface area contributed by atoms with E-state index in [4.69, 9.17) is 0 Å².